The fourth-order valence-electron chi connectivity index (χ4n) is 2.13. The summed E-state index contributed by atoms with van der Waals surface area (Å²) in [5, 5.41) is 3.13. The Balaban J connectivity index is 1.91. The van der Waals surface area contributed by atoms with Crippen molar-refractivity contribution in [1.29, 1.82) is 0 Å². The average Bonchev–Trinajstić information content (AvgIpc) is 2.54. The van der Waals surface area contributed by atoms with Crippen LogP contribution in [0.4, 0.5) is 5.69 Å². The fourth-order valence-corrected chi connectivity index (χ4v) is 2.13. The molecule has 0 amide bonds. The van der Waals surface area contributed by atoms with Crippen LogP contribution in [-0.4, -0.2) is 12.5 Å². The van der Waals surface area contributed by atoms with Crippen molar-refractivity contribution in [3.8, 4) is 0 Å². The number of aliphatic imine (C=N–C) groups is 1. The SMILES string of the molecule is CCc1ccc(NC(N)=NCC(C)c2ccccc2)cc1. The molecular weight excluding hydrogens is 258 g/mol. The normalized spacial score (nSPS) is 13.0. The summed E-state index contributed by atoms with van der Waals surface area (Å²) < 4.78 is 0. The predicted octanol–water partition coefficient (Wildman–Crippen LogP) is 3.78. The number of aryl methyl sites for hydroxylation is 1. The van der Waals surface area contributed by atoms with Crippen molar-refractivity contribution in [3.63, 3.8) is 0 Å². The highest BCUT2D eigenvalue weighted by Gasteiger charge is 2.04. The molecule has 2 aromatic rings. The summed E-state index contributed by atoms with van der Waals surface area (Å²) in [5.74, 6) is 0.816. The van der Waals surface area contributed by atoms with Gasteiger partial charge in [-0.15, -0.1) is 0 Å². The van der Waals surface area contributed by atoms with Crippen LogP contribution in [0.3, 0.4) is 0 Å². The van der Waals surface area contributed by atoms with Gasteiger partial charge in [-0.1, -0.05) is 56.3 Å². The molecule has 0 heterocycles. The second-order valence-corrected chi connectivity index (χ2v) is 5.21. The number of nitrogens with two attached hydrogens (primary N) is 1. The van der Waals surface area contributed by atoms with Gasteiger partial charge in [-0.25, -0.2) is 0 Å². The van der Waals surface area contributed by atoms with E-state index in [1.165, 1.54) is 11.1 Å². The van der Waals surface area contributed by atoms with E-state index >= 15 is 0 Å². The van der Waals surface area contributed by atoms with Crippen LogP contribution < -0.4 is 11.1 Å². The van der Waals surface area contributed by atoms with Crippen molar-refractivity contribution in [1.82, 2.24) is 0 Å². The minimum atomic E-state index is 0.356. The van der Waals surface area contributed by atoms with Gasteiger partial charge in [0, 0.05) is 18.2 Å². The highest BCUT2D eigenvalue weighted by molar-refractivity contribution is 5.92. The van der Waals surface area contributed by atoms with Gasteiger partial charge in [-0.3, -0.25) is 4.99 Å². The summed E-state index contributed by atoms with van der Waals surface area (Å²) in [4.78, 5) is 4.42. The second kappa shape index (κ2) is 7.48. The molecule has 0 aliphatic rings. The monoisotopic (exact) mass is 281 g/mol. The maximum Gasteiger partial charge on any atom is 0.193 e. The Morgan fingerprint density at radius 2 is 1.76 bits per heavy atom. The number of rotatable bonds is 5. The summed E-state index contributed by atoms with van der Waals surface area (Å²) in [7, 11) is 0. The highest BCUT2D eigenvalue weighted by atomic mass is 15.1. The Hall–Kier alpha value is -2.29. The minimum absolute atomic E-state index is 0.356. The lowest BCUT2D eigenvalue weighted by Gasteiger charge is -2.10. The van der Waals surface area contributed by atoms with E-state index in [4.69, 9.17) is 5.73 Å². The fraction of sp³-hybridized carbons (Fsp3) is 0.278. The number of hydrogen-bond acceptors (Lipinski definition) is 1. The van der Waals surface area contributed by atoms with E-state index in [-0.39, 0.29) is 0 Å². The van der Waals surface area contributed by atoms with Crippen LogP contribution in [0.15, 0.2) is 59.6 Å². The van der Waals surface area contributed by atoms with Crippen LogP contribution in [-0.2, 0) is 6.42 Å². The molecule has 3 N–H and O–H groups in total. The molecule has 3 nitrogen and oxygen atoms in total. The topological polar surface area (TPSA) is 50.4 Å². The Morgan fingerprint density at radius 1 is 1.10 bits per heavy atom. The third-order valence-electron chi connectivity index (χ3n) is 3.54. The molecule has 0 aliphatic heterocycles. The predicted molar refractivity (Wildman–Crippen MR) is 90.8 cm³/mol. The van der Waals surface area contributed by atoms with Gasteiger partial charge in [0.05, 0.1) is 0 Å². The van der Waals surface area contributed by atoms with Crippen molar-refractivity contribution in [3.05, 3.63) is 65.7 Å². The van der Waals surface area contributed by atoms with Gasteiger partial charge in [0.15, 0.2) is 5.96 Å². The molecule has 0 saturated heterocycles. The molecule has 0 fully saturated rings. The van der Waals surface area contributed by atoms with Crippen LogP contribution in [0.2, 0.25) is 0 Å². The minimum Gasteiger partial charge on any atom is -0.370 e. The first kappa shape index (κ1) is 15.1. The number of anilines is 1. The Labute approximate surface area is 126 Å². The van der Waals surface area contributed by atoms with E-state index in [0.717, 1.165) is 12.1 Å². The summed E-state index contributed by atoms with van der Waals surface area (Å²) >= 11 is 0. The van der Waals surface area contributed by atoms with Gasteiger partial charge in [0.25, 0.3) is 0 Å². The van der Waals surface area contributed by atoms with Crippen molar-refractivity contribution < 1.29 is 0 Å². The van der Waals surface area contributed by atoms with E-state index in [1.54, 1.807) is 0 Å². The summed E-state index contributed by atoms with van der Waals surface area (Å²) in [5.41, 5.74) is 9.51. The van der Waals surface area contributed by atoms with Crippen LogP contribution in [0.5, 0.6) is 0 Å². The van der Waals surface area contributed by atoms with Crippen LogP contribution in [0, 0.1) is 0 Å². The molecule has 0 spiro atoms. The van der Waals surface area contributed by atoms with Crippen LogP contribution >= 0.6 is 0 Å². The molecule has 0 bridgehead atoms. The average molecular weight is 281 g/mol. The molecule has 0 radical (unpaired) electrons. The zero-order valence-electron chi connectivity index (χ0n) is 12.7. The molecule has 2 aromatic carbocycles. The number of nitrogens with zero attached hydrogens (tertiary/aromatic N) is 1. The van der Waals surface area contributed by atoms with Crippen LogP contribution in [0.25, 0.3) is 0 Å². The molecular formula is C18H23N3. The lowest BCUT2D eigenvalue weighted by Crippen LogP contribution is -2.23. The lowest BCUT2D eigenvalue weighted by atomic mass is 10.0. The zero-order valence-corrected chi connectivity index (χ0v) is 12.7. The number of hydrogen-bond donors (Lipinski definition) is 2. The molecule has 110 valence electrons. The molecule has 1 atom stereocenters. The summed E-state index contributed by atoms with van der Waals surface area (Å²) in [6.07, 6.45) is 1.04. The Kier molecular flexibility index (Phi) is 5.38. The van der Waals surface area contributed by atoms with Gasteiger partial charge in [-0.2, -0.15) is 0 Å². The highest BCUT2D eigenvalue weighted by Crippen LogP contribution is 2.14. The quantitative estimate of drug-likeness (QED) is 0.647. The van der Waals surface area contributed by atoms with Gasteiger partial charge in [-0.05, 0) is 29.7 Å². The van der Waals surface area contributed by atoms with Crippen molar-refractivity contribution in [2.75, 3.05) is 11.9 Å². The first-order valence-electron chi connectivity index (χ1n) is 7.40. The molecule has 3 heteroatoms. The number of nitrogens with one attached hydrogen (secondary N) is 1. The van der Waals surface area contributed by atoms with Crippen molar-refractivity contribution >= 4 is 11.6 Å². The molecule has 0 aromatic heterocycles. The maximum absolute atomic E-state index is 5.94. The largest absolute Gasteiger partial charge is 0.370 e. The Bertz CT molecular complexity index is 573. The van der Waals surface area contributed by atoms with Gasteiger partial charge >= 0.3 is 0 Å². The summed E-state index contributed by atoms with van der Waals surface area (Å²) in [6.45, 7) is 4.97. The standard InChI is InChI=1S/C18H23N3/c1-3-15-9-11-17(12-10-15)21-18(19)20-13-14(2)16-7-5-4-6-8-16/h4-12,14H,3,13H2,1-2H3,(H3,19,20,21). The molecule has 21 heavy (non-hydrogen) atoms. The second-order valence-electron chi connectivity index (χ2n) is 5.21. The van der Waals surface area contributed by atoms with Crippen molar-refractivity contribution in [2.24, 2.45) is 10.7 Å². The zero-order chi connectivity index (χ0) is 15.1. The van der Waals surface area contributed by atoms with Gasteiger partial charge < -0.3 is 11.1 Å². The first-order valence-corrected chi connectivity index (χ1v) is 7.40. The van der Waals surface area contributed by atoms with Crippen LogP contribution in [0.1, 0.15) is 30.9 Å². The molecule has 0 aliphatic carbocycles. The van der Waals surface area contributed by atoms with E-state index in [1.807, 2.05) is 30.3 Å². The van der Waals surface area contributed by atoms with E-state index < -0.39 is 0 Å². The molecule has 2 rings (SSSR count). The van der Waals surface area contributed by atoms with E-state index in [9.17, 15) is 0 Å². The third-order valence-corrected chi connectivity index (χ3v) is 3.54. The molecule has 1 unspecified atom stereocenters. The number of guanidine groups is 1. The maximum atomic E-state index is 5.94. The third kappa shape index (κ3) is 4.63. The van der Waals surface area contributed by atoms with Gasteiger partial charge in [0.2, 0.25) is 0 Å². The van der Waals surface area contributed by atoms with Crippen molar-refractivity contribution in [2.45, 2.75) is 26.2 Å². The van der Waals surface area contributed by atoms with E-state index in [2.05, 4.69) is 48.4 Å². The number of benzene rings is 2. The lowest BCUT2D eigenvalue weighted by molar-refractivity contribution is 0.774. The molecule has 0 saturated carbocycles. The smallest absolute Gasteiger partial charge is 0.193 e. The van der Waals surface area contributed by atoms with E-state index in [0.29, 0.717) is 18.4 Å². The Morgan fingerprint density at radius 3 is 2.38 bits per heavy atom. The van der Waals surface area contributed by atoms with Gasteiger partial charge in [0.1, 0.15) is 0 Å². The summed E-state index contributed by atoms with van der Waals surface area (Å²) in [6, 6.07) is 18.6. The first-order chi connectivity index (χ1) is 10.2.